The molecule has 4 nitrogen and oxygen atoms in total. The van der Waals surface area contributed by atoms with Crippen LogP contribution in [0, 0.1) is 5.92 Å². The fraction of sp³-hybridized carbons (Fsp3) is 0.500. The third kappa shape index (κ3) is 4.17. The van der Waals surface area contributed by atoms with Crippen LogP contribution in [0.2, 0.25) is 5.02 Å². The maximum Gasteiger partial charge on any atom is 0.308 e. The van der Waals surface area contributed by atoms with Crippen LogP contribution in [-0.2, 0) is 9.59 Å². The normalized spacial score (nSPS) is 23.1. The predicted molar refractivity (Wildman–Crippen MR) is 88.3 cm³/mol. The van der Waals surface area contributed by atoms with Gasteiger partial charge in [-0.2, -0.15) is 0 Å². The molecule has 1 heterocycles. The topological polar surface area (TPSA) is 57.6 Å². The molecular weight excluding hydrogens is 322 g/mol. The van der Waals surface area contributed by atoms with Crippen LogP contribution >= 0.6 is 23.4 Å². The molecule has 1 saturated heterocycles. The standard InChI is InChI=1S/C16H20ClNO3S/c1-10-3-4-12(16(20)21)9-18(10)15(19)11(2)22-14-7-5-13(17)6-8-14/h5-8,10-12H,3-4,9H2,1-2H3,(H,20,21). The molecule has 1 fully saturated rings. The number of nitrogens with zero attached hydrogens (tertiary/aromatic N) is 1. The highest BCUT2D eigenvalue weighted by atomic mass is 35.5. The summed E-state index contributed by atoms with van der Waals surface area (Å²) in [5.74, 6) is -1.27. The highest BCUT2D eigenvalue weighted by molar-refractivity contribution is 8.00. The molecule has 0 aromatic heterocycles. The van der Waals surface area contributed by atoms with Crippen LogP contribution < -0.4 is 0 Å². The van der Waals surface area contributed by atoms with Crippen LogP contribution in [-0.4, -0.2) is 39.7 Å². The molecule has 6 heteroatoms. The van der Waals surface area contributed by atoms with Gasteiger partial charge in [0.15, 0.2) is 0 Å². The summed E-state index contributed by atoms with van der Waals surface area (Å²) in [5, 5.41) is 9.58. The molecule has 22 heavy (non-hydrogen) atoms. The molecule has 120 valence electrons. The van der Waals surface area contributed by atoms with Crippen molar-refractivity contribution in [2.24, 2.45) is 5.92 Å². The molecule has 2 rings (SSSR count). The van der Waals surface area contributed by atoms with Crippen molar-refractivity contribution >= 4 is 35.2 Å². The van der Waals surface area contributed by atoms with Gasteiger partial charge in [0.05, 0.1) is 11.2 Å². The number of piperidine rings is 1. The van der Waals surface area contributed by atoms with Crippen molar-refractivity contribution in [1.29, 1.82) is 0 Å². The first-order valence-electron chi connectivity index (χ1n) is 7.34. The third-order valence-electron chi connectivity index (χ3n) is 3.99. The van der Waals surface area contributed by atoms with Gasteiger partial charge in [-0.25, -0.2) is 0 Å². The Labute approximate surface area is 139 Å². The van der Waals surface area contributed by atoms with Crippen molar-refractivity contribution in [2.75, 3.05) is 6.54 Å². The van der Waals surface area contributed by atoms with E-state index in [1.807, 2.05) is 26.0 Å². The zero-order valence-corrected chi connectivity index (χ0v) is 14.2. The Morgan fingerprint density at radius 1 is 1.32 bits per heavy atom. The molecule has 1 aliphatic rings. The lowest BCUT2D eigenvalue weighted by Crippen LogP contribution is -2.49. The van der Waals surface area contributed by atoms with Gasteiger partial charge in [0, 0.05) is 22.5 Å². The minimum atomic E-state index is -0.817. The SMILES string of the molecule is CC(Sc1ccc(Cl)cc1)C(=O)N1CC(C(=O)O)CCC1C. The van der Waals surface area contributed by atoms with E-state index in [4.69, 9.17) is 16.7 Å². The first-order valence-corrected chi connectivity index (χ1v) is 8.59. The van der Waals surface area contributed by atoms with Crippen LogP contribution in [0.3, 0.4) is 0 Å². The summed E-state index contributed by atoms with van der Waals surface area (Å²) in [5.41, 5.74) is 0. The quantitative estimate of drug-likeness (QED) is 0.851. The lowest BCUT2D eigenvalue weighted by molar-refractivity contribution is -0.146. The van der Waals surface area contributed by atoms with Crippen LogP contribution in [0.1, 0.15) is 26.7 Å². The number of amides is 1. The summed E-state index contributed by atoms with van der Waals surface area (Å²) in [6.07, 6.45) is 1.38. The molecule has 1 aliphatic heterocycles. The molecule has 0 bridgehead atoms. The summed E-state index contributed by atoms with van der Waals surface area (Å²) in [4.78, 5) is 26.5. The van der Waals surface area contributed by atoms with E-state index in [0.29, 0.717) is 18.0 Å². The molecule has 0 spiro atoms. The summed E-state index contributed by atoms with van der Waals surface area (Å²) in [7, 11) is 0. The second-order valence-electron chi connectivity index (χ2n) is 5.67. The number of carboxylic acid groups (broad SMARTS) is 1. The van der Waals surface area contributed by atoms with Gasteiger partial charge in [-0.05, 0) is 51.0 Å². The van der Waals surface area contributed by atoms with Gasteiger partial charge in [-0.15, -0.1) is 11.8 Å². The number of thioether (sulfide) groups is 1. The van der Waals surface area contributed by atoms with Gasteiger partial charge in [0.2, 0.25) is 5.91 Å². The highest BCUT2D eigenvalue weighted by Crippen LogP contribution is 2.29. The van der Waals surface area contributed by atoms with E-state index < -0.39 is 11.9 Å². The average molecular weight is 342 g/mol. The molecule has 1 aromatic rings. The first kappa shape index (κ1) is 17.2. The average Bonchev–Trinajstić information content (AvgIpc) is 2.49. The summed E-state index contributed by atoms with van der Waals surface area (Å²) >= 11 is 7.33. The first-order chi connectivity index (χ1) is 10.4. The molecule has 3 atom stereocenters. The minimum absolute atomic E-state index is 0.00148. The van der Waals surface area contributed by atoms with Gasteiger partial charge >= 0.3 is 5.97 Å². The van der Waals surface area contributed by atoms with Crippen molar-refractivity contribution in [3.05, 3.63) is 29.3 Å². The van der Waals surface area contributed by atoms with E-state index in [1.165, 1.54) is 11.8 Å². The smallest absolute Gasteiger partial charge is 0.308 e. The third-order valence-corrected chi connectivity index (χ3v) is 5.34. The molecular formula is C16H20ClNO3S. The molecule has 1 amide bonds. The number of aliphatic carboxylic acids is 1. The zero-order chi connectivity index (χ0) is 16.3. The number of hydrogen-bond acceptors (Lipinski definition) is 3. The number of carboxylic acids is 1. The second kappa shape index (κ2) is 7.38. The Bertz CT molecular complexity index is 549. The molecule has 1 N–H and O–H groups in total. The fourth-order valence-corrected chi connectivity index (χ4v) is 3.68. The van der Waals surface area contributed by atoms with Crippen molar-refractivity contribution in [1.82, 2.24) is 4.90 Å². The van der Waals surface area contributed by atoms with Crippen LogP contribution in [0.4, 0.5) is 0 Å². The van der Waals surface area contributed by atoms with Gasteiger partial charge in [-0.1, -0.05) is 11.6 Å². The van der Waals surface area contributed by atoms with E-state index >= 15 is 0 Å². The van der Waals surface area contributed by atoms with Crippen LogP contribution in [0.25, 0.3) is 0 Å². The van der Waals surface area contributed by atoms with E-state index in [2.05, 4.69) is 0 Å². The molecule has 0 aliphatic carbocycles. The highest BCUT2D eigenvalue weighted by Gasteiger charge is 2.34. The minimum Gasteiger partial charge on any atom is -0.481 e. The summed E-state index contributed by atoms with van der Waals surface area (Å²) in [6, 6.07) is 7.46. The van der Waals surface area contributed by atoms with E-state index in [1.54, 1.807) is 17.0 Å². The van der Waals surface area contributed by atoms with Crippen molar-refractivity contribution in [3.8, 4) is 0 Å². The molecule has 3 unspecified atom stereocenters. The van der Waals surface area contributed by atoms with Crippen LogP contribution in [0.15, 0.2) is 29.2 Å². The molecule has 1 aromatic carbocycles. The Morgan fingerprint density at radius 3 is 2.55 bits per heavy atom. The number of halogens is 1. The van der Waals surface area contributed by atoms with E-state index in [0.717, 1.165) is 11.3 Å². The fourth-order valence-electron chi connectivity index (χ4n) is 2.62. The van der Waals surface area contributed by atoms with Crippen molar-refractivity contribution in [2.45, 2.75) is 42.9 Å². The Balaban J connectivity index is 2.02. The largest absolute Gasteiger partial charge is 0.481 e. The zero-order valence-electron chi connectivity index (χ0n) is 12.7. The number of likely N-dealkylation sites (tertiary alicyclic amines) is 1. The number of carbonyl (C=O) groups excluding carboxylic acids is 1. The number of hydrogen-bond donors (Lipinski definition) is 1. The second-order valence-corrected chi connectivity index (χ2v) is 7.52. The number of benzene rings is 1. The molecule has 0 saturated carbocycles. The Hall–Kier alpha value is -1.20. The number of carbonyl (C=O) groups is 2. The maximum atomic E-state index is 12.6. The predicted octanol–water partition coefficient (Wildman–Crippen LogP) is 3.53. The van der Waals surface area contributed by atoms with E-state index in [9.17, 15) is 9.59 Å². The Morgan fingerprint density at radius 2 is 1.95 bits per heavy atom. The maximum absolute atomic E-state index is 12.6. The lowest BCUT2D eigenvalue weighted by Gasteiger charge is -2.37. The van der Waals surface area contributed by atoms with E-state index in [-0.39, 0.29) is 17.2 Å². The van der Waals surface area contributed by atoms with Crippen molar-refractivity contribution in [3.63, 3.8) is 0 Å². The Kier molecular flexibility index (Phi) is 5.75. The lowest BCUT2D eigenvalue weighted by atomic mass is 9.93. The van der Waals surface area contributed by atoms with Crippen molar-refractivity contribution < 1.29 is 14.7 Å². The summed E-state index contributed by atoms with van der Waals surface area (Å²) in [6.45, 7) is 4.15. The number of rotatable bonds is 4. The van der Waals surface area contributed by atoms with Gasteiger partial charge in [0.1, 0.15) is 0 Å². The monoisotopic (exact) mass is 341 g/mol. The van der Waals surface area contributed by atoms with Gasteiger partial charge in [-0.3, -0.25) is 9.59 Å². The summed E-state index contributed by atoms with van der Waals surface area (Å²) < 4.78 is 0. The van der Waals surface area contributed by atoms with Gasteiger partial charge < -0.3 is 10.0 Å². The molecule has 0 radical (unpaired) electrons. The van der Waals surface area contributed by atoms with Gasteiger partial charge in [0.25, 0.3) is 0 Å². The van der Waals surface area contributed by atoms with Crippen LogP contribution in [0.5, 0.6) is 0 Å².